The third-order valence-electron chi connectivity index (χ3n) is 7.54. The molecule has 1 aliphatic carbocycles. The van der Waals surface area contributed by atoms with E-state index in [1.807, 2.05) is 13.0 Å². The van der Waals surface area contributed by atoms with Crippen LogP contribution >= 0.6 is 0 Å². The quantitative estimate of drug-likeness (QED) is 0.237. The monoisotopic (exact) mass is 592 g/mol. The number of alkyl halides is 5. The SMILES string of the molecule is Cc1cccc(F)c1C1CCC(c2cc(-c3nnn(C)c3C(F)F)nn(Cc3ncccc3OC(F)(F)F)c2=O)CC1. The Bertz CT molecular complexity index is 1620. The van der Waals surface area contributed by atoms with E-state index in [-0.39, 0.29) is 40.3 Å². The van der Waals surface area contributed by atoms with Crippen molar-refractivity contribution in [3.8, 4) is 17.1 Å². The van der Waals surface area contributed by atoms with Crippen LogP contribution in [0.3, 0.4) is 0 Å². The van der Waals surface area contributed by atoms with Crippen molar-refractivity contribution >= 4 is 0 Å². The summed E-state index contributed by atoms with van der Waals surface area (Å²) >= 11 is 0. The minimum Gasteiger partial charge on any atom is -0.404 e. The molecule has 1 aromatic carbocycles. The summed E-state index contributed by atoms with van der Waals surface area (Å²) in [4.78, 5) is 17.6. The normalized spacial score (nSPS) is 17.5. The van der Waals surface area contributed by atoms with Crippen LogP contribution in [0.2, 0.25) is 0 Å². The average molecular weight is 593 g/mol. The van der Waals surface area contributed by atoms with Gasteiger partial charge in [0.15, 0.2) is 5.75 Å². The number of halogens is 6. The van der Waals surface area contributed by atoms with E-state index in [2.05, 4.69) is 25.1 Å². The molecule has 4 aromatic rings. The first-order valence-electron chi connectivity index (χ1n) is 13.2. The van der Waals surface area contributed by atoms with Crippen molar-refractivity contribution in [1.29, 1.82) is 0 Å². The highest BCUT2D eigenvalue weighted by molar-refractivity contribution is 5.57. The van der Waals surface area contributed by atoms with Gasteiger partial charge in [-0.1, -0.05) is 17.3 Å². The van der Waals surface area contributed by atoms with Crippen LogP contribution in [0.5, 0.6) is 5.75 Å². The minimum absolute atomic E-state index is 0.0630. The first-order chi connectivity index (χ1) is 19.9. The summed E-state index contributed by atoms with van der Waals surface area (Å²) in [5, 5.41) is 11.7. The second kappa shape index (κ2) is 11.6. The van der Waals surface area contributed by atoms with Gasteiger partial charge in [0.2, 0.25) is 0 Å². The predicted octanol–water partition coefficient (Wildman–Crippen LogP) is 6.21. The molecule has 0 atom stereocenters. The molecular formula is C28H26F6N6O2. The van der Waals surface area contributed by atoms with Crippen LogP contribution in [-0.2, 0) is 13.6 Å². The first-order valence-corrected chi connectivity index (χ1v) is 13.2. The zero-order valence-corrected chi connectivity index (χ0v) is 22.6. The Morgan fingerprint density at radius 1 is 1.07 bits per heavy atom. The summed E-state index contributed by atoms with van der Waals surface area (Å²) in [7, 11) is 1.29. The van der Waals surface area contributed by atoms with Gasteiger partial charge in [0, 0.05) is 18.8 Å². The fourth-order valence-electron chi connectivity index (χ4n) is 5.63. The van der Waals surface area contributed by atoms with Gasteiger partial charge in [-0.3, -0.25) is 9.78 Å². The Labute approximate surface area is 236 Å². The molecule has 42 heavy (non-hydrogen) atoms. The van der Waals surface area contributed by atoms with E-state index in [9.17, 15) is 31.1 Å². The Balaban J connectivity index is 1.55. The minimum atomic E-state index is -5.01. The lowest BCUT2D eigenvalue weighted by atomic mass is 9.75. The van der Waals surface area contributed by atoms with Crippen molar-refractivity contribution in [3.63, 3.8) is 0 Å². The molecule has 0 radical (unpaired) electrons. The smallest absolute Gasteiger partial charge is 0.404 e. The van der Waals surface area contributed by atoms with E-state index in [0.29, 0.717) is 31.2 Å². The number of aryl methyl sites for hydroxylation is 2. The van der Waals surface area contributed by atoms with Crippen molar-refractivity contribution < 1.29 is 31.1 Å². The van der Waals surface area contributed by atoms with E-state index in [0.717, 1.165) is 21.0 Å². The van der Waals surface area contributed by atoms with E-state index < -0.39 is 36.3 Å². The number of ether oxygens (including phenoxy) is 1. The molecule has 1 saturated carbocycles. The molecule has 1 fully saturated rings. The summed E-state index contributed by atoms with van der Waals surface area (Å²) in [5.74, 6) is -1.32. The van der Waals surface area contributed by atoms with Gasteiger partial charge in [0.25, 0.3) is 12.0 Å². The second-order valence-electron chi connectivity index (χ2n) is 10.2. The average Bonchev–Trinajstić information content (AvgIpc) is 3.32. The van der Waals surface area contributed by atoms with Crippen molar-refractivity contribution in [2.45, 2.75) is 63.8 Å². The van der Waals surface area contributed by atoms with Crippen molar-refractivity contribution in [3.05, 3.63) is 86.8 Å². The maximum absolute atomic E-state index is 14.6. The fraction of sp³-hybridized carbons (Fsp3) is 0.393. The number of hydrogen-bond donors (Lipinski definition) is 0. The van der Waals surface area contributed by atoms with Gasteiger partial charge in [-0.15, -0.1) is 18.3 Å². The Kier molecular flexibility index (Phi) is 8.06. The standard InChI is InChI=1S/C28H26F6N6O2/c1-15-5-3-6-19(29)23(15)17-10-8-16(9-11-17)18-13-20(24-25(26(30)31)39(2)38-36-24)37-40(27(18)41)14-21-22(7-4-12-35-21)42-28(32,33)34/h3-7,12-13,16-17,26H,8-11,14H2,1-2H3. The van der Waals surface area contributed by atoms with Gasteiger partial charge >= 0.3 is 6.36 Å². The lowest BCUT2D eigenvalue weighted by Gasteiger charge is -2.30. The number of pyridine rings is 1. The summed E-state index contributed by atoms with van der Waals surface area (Å²) in [6, 6.07) is 8.58. The number of hydrogen-bond acceptors (Lipinski definition) is 6. The molecule has 5 rings (SSSR count). The van der Waals surface area contributed by atoms with E-state index in [1.165, 1.54) is 31.4 Å². The van der Waals surface area contributed by atoms with Gasteiger partial charge in [0.05, 0.1) is 6.54 Å². The van der Waals surface area contributed by atoms with Crippen LogP contribution in [0.4, 0.5) is 26.3 Å². The van der Waals surface area contributed by atoms with Gasteiger partial charge < -0.3 is 4.74 Å². The highest BCUT2D eigenvalue weighted by Gasteiger charge is 2.33. The van der Waals surface area contributed by atoms with Crippen molar-refractivity contribution in [2.24, 2.45) is 7.05 Å². The Morgan fingerprint density at radius 3 is 2.45 bits per heavy atom. The molecule has 0 N–H and O–H groups in total. The highest BCUT2D eigenvalue weighted by Crippen LogP contribution is 2.42. The van der Waals surface area contributed by atoms with Crippen LogP contribution in [-0.4, -0.2) is 36.1 Å². The van der Waals surface area contributed by atoms with E-state index >= 15 is 0 Å². The van der Waals surface area contributed by atoms with Crippen LogP contribution in [0.1, 0.15) is 72.0 Å². The van der Waals surface area contributed by atoms with Gasteiger partial charge in [-0.2, -0.15) is 5.10 Å². The molecule has 1 aliphatic rings. The molecule has 0 spiro atoms. The van der Waals surface area contributed by atoms with E-state index in [1.54, 1.807) is 6.07 Å². The summed E-state index contributed by atoms with van der Waals surface area (Å²) in [5.41, 5.74) is -0.0195. The summed E-state index contributed by atoms with van der Waals surface area (Å²) < 4.78 is 87.3. The molecule has 8 nitrogen and oxygen atoms in total. The third kappa shape index (κ3) is 6.02. The number of rotatable bonds is 7. The number of nitrogens with zero attached hydrogens (tertiary/aromatic N) is 6. The molecule has 0 bridgehead atoms. The zero-order valence-electron chi connectivity index (χ0n) is 22.6. The van der Waals surface area contributed by atoms with Gasteiger partial charge in [0.1, 0.15) is 28.6 Å². The fourth-order valence-corrected chi connectivity index (χ4v) is 5.63. The Hall–Kier alpha value is -4.23. The molecule has 14 heteroatoms. The molecule has 222 valence electrons. The van der Waals surface area contributed by atoms with E-state index in [4.69, 9.17) is 0 Å². The highest BCUT2D eigenvalue weighted by atomic mass is 19.4. The lowest BCUT2D eigenvalue weighted by molar-refractivity contribution is -0.275. The van der Waals surface area contributed by atoms with Gasteiger partial charge in [-0.25, -0.2) is 22.5 Å². The lowest BCUT2D eigenvalue weighted by Crippen LogP contribution is -2.30. The molecule has 0 aliphatic heterocycles. The molecule has 3 aromatic heterocycles. The van der Waals surface area contributed by atoms with Crippen LogP contribution in [0, 0.1) is 12.7 Å². The summed E-state index contributed by atoms with van der Waals surface area (Å²) in [6.07, 6.45) is -4.62. The van der Waals surface area contributed by atoms with Gasteiger partial charge in [-0.05, 0) is 79.8 Å². The first kappa shape index (κ1) is 29.3. The van der Waals surface area contributed by atoms with Crippen LogP contribution < -0.4 is 10.3 Å². The zero-order chi connectivity index (χ0) is 30.2. The number of benzene rings is 1. The largest absolute Gasteiger partial charge is 0.573 e. The molecule has 0 unspecified atom stereocenters. The molecule has 0 amide bonds. The molecule has 0 saturated heterocycles. The third-order valence-corrected chi connectivity index (χ3v) is 7.54. The van der Waals surface area contributed by atoms with Crippen molar-refractivity contribution in [1.82, 2.24) is 29.8 Å². The Morgan fingerprint density at radius 2 is 1.79 bits per heavy atom. The second-order valence-corrected chi connectivity index (χ2v) is 10.2. The molecule has 3 heterocycles. The molecular weight excluding hydrogens is 566 g/mol. The summed E-state index contributed by atoms with van der Waals surface area (Å²) in [6.45, 7) is 1.31. The maximum atomic E-state index is 14.6. The van der Waals surface area contributed by atoms with Crippen LogP contribution in [0.15, 0.2) is 47.4 Å². The topological polar surface area (TPSA) is 87.7 Å². The predicted molar refractivity (Wildman–Crippen MR) is 139 cm³/mol. The van der Waals surface area contributed by atoms with Crippen molar-refractivity contribution in [2.75, 3.05) is 0 Å². The maximum Gasteiger partial charge on any atom is 0.573 e. The van der Waals surface area contributed by atoms with Crippen LogP contribution in [0.25, 0.3) is 11.4 Å². The number of aromatic nitrogens is 6.